The van der Waals surface area contributed by atoms with Gasteiger partial charge in [0.05, 0.1) is 6.54 Å². The number of piperidine rings is 1. The van der Waals surface area contributed by atoms with E-state index in [1.807, 2.05) is 65.6 Å². The van der Waals surface area contributed by atoms with Gasteiger partial charge in [0.2, 0.25) is 29.5 Å². The summed E-state index contributed by atoms with van der Waals surface area (Å²) >= 11 is 0. The lowest BCUT2D eigenvalue weighted by Crippen LogP contribution is -2.57. The molecule has 0 spiro atoms. The van der Waals surface area contributed by atoms with Crippen LogP contribution in [0.4, 0.5) is 0 Å². The minimum atomic E-state index is -1.07. The summed E-state index contributed by atoms with van der Waals surface area (Å²) in [5, 5.41) is 15.0. The van der Waals surface area contributed by atoms with Gasteiger partial charge in [-0.3, -0.25) is 28.8 Å². The Morgan fingerprint density at radius 3 is 1.89 bits per heavy atom. The van der Waals surface area contributed by atoms with Crippen molar-refractivity contribution in [2.24, 2.45) is 11.8 Å². The molecule has 2 fully saturated rings. The van der Waals surface area contributed by atoms with E-state index in [0.717, 1.165) is 30.4 Å². The second-order valence-electron chi connectivity index (χ2n) is 14.2. The van der Waals surface area contributed by atoms with Crippen LogP contribution < -0.4 is 21.3 Å². The van der Waals surface area contributed by atoms with Gasteiger partial charge in [-0.15, -0.1) is 0 Å². The highest BCUT2D eigenvalue weighted by Crippen LogP contribution is 2.30. The van der Waals surface area contributed by atoms with Crippen molar-refractivity contribution in [1.29, 1.82) is 0 Å². The zero-order valence-corrected chi connectivity index (χ0v) is 29.9. The fourth-order valence-corrected chi connectivity index (χ4v) is 6.93. The molecule has 6 rings (SSSR count). The van der Waals surface area contributed by atoms with Crippen LogP contribution in [0.1, 0.15) is 66.4 Å². The quantitative estimate of drug-likeness (QED) is 0.297. The van der Waals surface area contributed by atoms with Gasteiger partial charge in [-0.1, -0.05) is 72.2 Å². The van der Waals surface area contributed by atoms with Gasteiger partial charge in [-0.2, -0.15) is 0 Å². The maximum Gasteiger partial charge on any atom is 0.274 e. The zero-order chi connectivity index (χ0) is 37.3. The fraction of sp³-hybridized carbons (Fsp3) is 0.462. The van der Waals surface area contributed by atoms with E-state index in [-0.39, 0.29) is 67.6 Å². The van der Waals surface area contributed by atoms with E-state index >= 15 is 0 Å². The van der Waals surface area contributed by atoms with Gasteiger partial charge < -0.3 is 35.6 Å². The number of carbonyl (C=O) groups is 6. The van der Waals surface area contributed by atoms with Gasteiger partial charge in [-0.25, -0.2) is 0 Å². The number of amides is 6. The molecule has 4 N–H and O–H groups in total. The molecular formula is C39H47N7O7. The Morgan fingerprint density at radius 2 is 1.28 bits per heavy atom. The summed E-state index contributed by atoms with van der Waals surface area (Å²) in [4.78, 5) is 84.5. The topological polar surface area (TPSA) is 183 Å². The van der Waals surface area contributed by atoms with Crippen LogP contribution in [0.3, 0.4) is 0 Å². The average molecular weight is 726 g/mol. The highest BCUT2D eigenvalue weighted by atomic mass is 16.5. The van der Waals surface area contributed by atoms with Crippen LogP contribution in [0, 0.1) is 11.8 Å². The molecule has 0 radical (unpaired) electrons. The molecule has 14 heteroatoms. The predicted molar refractivity (Wildman–Crippen MR) is 193 cm³/mol. The van der Waals surface area contributed by atoms with Crippen molar-refractivity contribution in [1.82, 2.24) is 36.2 Å². The Kier molecular flexibility index (Phi) is 12.2. The van der Waals surface area contributed by atoms with Crippen LogP contribution in [0.5, 0.6) is 0 Å². The number of aromatic nitrogens is 1. The molecule has 6 amide bonds. The van der Waals surface area contributed by atoms with Crippen LogP contribution in [0.2, 0.25) is 0 Å². The SMILES string of the molecule is C[C@@H]1NC(=O)c2cc(on2)CN(C(=O)C2CCN(C(=O)C3CCC3)CC2)CCNC(=O)[C@@H](Cc2ccccc2)NC(=O)[C@H](Cc2ccccc2)NC1=O. The third kappa shape index (κ3) is 9.67. The van der Waals surface area contributed by atoms with Crippen molar-refractivity contribution in [3.8, 4) is 0 Å². The molecule has 1 saturated carbocycles. The molecule has 53 heavy (non-hydrogen) atoms. The van der Waals surface area contributed by atoms with E-state index in [1.54, 1.807) is 4.90 Å². The maximum atomic E-state index is 14.0. The summed E-state index contributed by atoms with van der Waals surface area (Å²) < 4.78 is 5.48. The molecule has 2 aliphatic heterocycles. The summed E-state index contributed by atoms with van der Waals surface area (Å²) in [6, 6.07) is 16.7. The van der Waals surface area contributed by atoms with Gasteiger partial charge in [-0.05, 0) is 43.7 Å². The first-order valence-corrected chi connectivity index (χ1v) is 18.4. The van der Waals surface area contributed by atoms with Gasteiger partial charge in [0.25, 0.3) is 5.91 Å². The third-order valence-electron chi connectivity index (χ3n) is 10.3. The molecule has 0 unspecified atom stereocenters. The van der Waals surface area contributed by atoms with Crippen LogP contribution in [-0.2, 0) is 43.4 Å². The molecule has 1 aliphatic carbocycles. The molecule has 1 saturated heterocycles. The van der Waals surface area contributed by atoms with Crippen LogP contribution in [0.15, 0.2) is 71.3 Å². The Bertz CT molecular complexity index is 1770. The first kappa shape index (κ1) is 37.2. The van der Waals surface area contributed by atoms with Crippen LogP contribution >= 0.6 is 0 Å². The van der Waals surface area contributed by atoms with Crippen molar-refractivity contribution in [2.75, 3.05) is 26.2 Å². The maximum absolute atomic E-state index is 14.0. The number of rotatable bonds is 6. The first-order chi connectivity index (χ1) is 25.6. The summed E-state index contributed by atoms with van der Waals surface area (Å²) in [6.07, 6.45) is 4.26. The summed E-state index contributed by atoms with van der Waals surface area (Å²) in [5.74, 6) is -2.28. The normalized spacial score (nSPS) is 22.7. The fourth-order valence-electron chi connectivity index (χ4n) is 6.93. The summed E-state index contributed by atoms with van der Waals surface area (Å²) in [5.41, 5.74) is 1.52. The Hall–Kier alpha value is -5.53. The predicted octanol–water partition coefficient (Wildman–Crippen LogP) is 1.75. The van der Waals surface area contributed by atoms with E-state index in [0.29, 0.717) is 25.9 Å². The third-order valence-corrected chi connectivity index (χ3v) is 10.3. The van der Waals surface area contributed by atoms with E-state index in [2.05, 4.69) is 26.4 Å². The Morgan fingerprint density at radius 1 is 0.717 bits per heavy atom. The lowest BCUT2D eigenvalue weighted by molar-refractivity contribution is -0.144. The molecule has 14 nitrogen and oxygen atoms in total. The smallest absolute Gasteiger partial charge is 0.274 e. The summed E-state index contributed by atoms with van der Waals surface area (Å²) in [6.45, 7) is 2.65. The van der Waals surface area contributed by atoms with Gasteiger partial charge >= 0.3 is 0 Å². The molecule has 3 heterocycles. The van der Waals surface area contributed by atoms with Crippen LogP contribution in [0.25, 0.3) is 0 Å². The molecule has 2 aromatic carbocycles. The molecular weight excluding hydrogens is 678 g/mol. The van der Waals surface area contributed by atoms with Gasteiger partial charge in [0.1, 0.15) is 18.1 Å². The molecule has 3 aliphatic rings. The molecule has 3 atom stereocenters. The zero-order valence-electron chi connectivity index (χ0n) is 29.9. The van der Waals surface area contributed by atoms with E-state index < -0.39 is 41.8 Å². The standard InChI is InChI=1S/C39H47N7O7/c1-25-34(47)42-32(22-27-11-6-3-7-12-27)36(49)43-31(21-26-9-4-2-5-10-26)35(48)40-17-20-46(24-30-23-33(44-53-30)37(50)41-25)39(52)29-15-18-45(19-16-29)38(51)28-13-8-14-28/h2-7,9-12,23,25,28-29,31-32H,8,13-22,24H2,1H3,(H,40,48)(H,41,50)(H,42,47)(H,43,49)/t25-,31+,32-/m0/s1. The number of nitrogens with one attached hydrogen (secondary N) is 4. The highest BCUT2D eigenvalue weighted by Gasteiger charge is 2.35. The minimum Gasteiger partial charge on any atom is -0.359 e. The summed E-state index contributed by atoms with van der Waals surface area (Å²) in [7, 11) is 0. The number of hydrogen-bond acceptors (Lipinski definition) is 8. The monoisotopic (exact) mass is 725 g/mol. The number of fused-ring (bicyclic) bond motifs is 2. The largest absolute Gasteiger partial charge is 0.359 e. The first-order valence-electron chi connectivity index (χ1n) is 18.4. The lowest BCUT2D eigenvalue weighted by atomic mass is 9.83. The van der Waals surface area contributed by atoms with Crippen molar-refractivity contribution in [3.05, 3.63) is 89.3 Å². The van der Waals surface area contributed by atoms with Crippen molar-refractivity contribution < 1.29 is 33.3 Å². The molecule has 3 aromatic rings. The number of benzene rings is 2. The second kappa shape index (κ2) is 17.3. The second-order valence-corrected chi connectivity index (χ2v) is 14.2. The number of carbonyl (C=O) groups excluding carboxylic acids is 6. The number of likely N-dealkylation sites (tertiary alicyclic amines) is 1. The van der Waals surface area contributed by atoms with Gasteiger partial charge in [0.15, 0.2) is 11.5 Å². The van der Waals surface area contributed by atoms with E-state index in [1.165, 1.54) is 13.0 Å². The molecule has 280 valence electrons. The van der Waals surface area contributed by atoms with Crippen molar-refractivity contribution in [2.45, 2.75) is 76.5 Å². The van der Waals surface area contributed by atoms with E-state index in [4.69, 9.17) is 4.52 Å². The van der Waals surface area contributed by atoms with Crippen LogP contribution in [-0.4, -0.2) is 94.7 Å². The number of hydrogen-bond donors (Lipinski definition) is 4. The molecule has 1 aromatic heterocycles. The van der Waals surface area contributed by atoms with Gasteiger partial charge in [0, 0.05) is 56.9 Å². The Labute approximate surface area is 308 Å². The Balaban J connectivity index is 1.23. The lowest BCUT2D eigenvalue weighted by Gasteiger charge is -2.37. The molecule has 2 bridgehead atoms. The average Bonchev–Trinajstić information content (AvgIpc) is 3.62. The number of nitrogens with zero attached hydrogens (tertiary/aromatic N) is 3. The van der Waals surface area contributed by atoms with Crippen molar-refractivity contribution >= 4 is 35.4 Å². The van der Waals surface area contributed by atoms with E-state index in [9.17, 15) is 28.8 Å². The van der Waals surface area contributed by atoms with Crippen molar-refractivity contribution in [3.63, 3.8) is 0 Å². The highest BCUT2D eigenvalue weighted by molar-refractivity contribution is 5.97. The minimum absolute atomic E-state index is 0.0163.